The normalized spacial score (nSPS) is 12.6. The maximum Gasteiger partial charge on any atom is 0.306 e. The zero-order valence-corrected chi connectivity index (χ0v) is 55.2. The number of hydrogen-bond donors (Lipinski definition) is 0. The van der Waals surface area contributed by atoms with Crippen LogP contribution in [0.15, 0.2) is 85.1 Å². The summed E-state index contributed by atoms with van der Waals surface area (Å²) in [5.41, 5.74) is 0. The van der Waals surface area contributed by atoms with Crippen molar-refractivity contribution in [3.05, 3.63) is 85.1 Å². The summed E-state index contributed by atoms with van der Waals surface area (Å²) in [5, 5.41) is 0. The molecular weight excluding hydrogens is 1020 g/mol. The summed E-state index contributed by atoms with van der Waals surface area (Å²) >= 11 is 0. The minimum atomic E-state index is -0.811. The summed E-state index contributed by atoms with van der Waals surface area (Å²) in [7, 11) is 0. The second-order valence-electron chi connectivity index (χ2n) is 24.1. The predicted molar refractivity (Wildman–Crippen MR) is 362 cm³/mol. The van der Waals surface area contributed by atoms with E-state index in [-0.39, 0.29) is 37.5 Å². The average Bonchev–Trinajstić information content (AvgIpc) is 3.49. The Labute approximate surface area is 515 Å². The lowest BCUT2D eigenvalue weighted by Gasteiger charge is -2.18. The van der Waals surface area contributed by atoms with Gasteiger partial charge in [-0.25, -0.2) is 0 Å². The number of rotatable bonds is 66. The molecule has 0 saturated carbocycles. The first kappa shape index (κ1) is 79.6. The van der Waals surface area contributed by atoms with Gasteiger partial charge in [0.05, 0.1) is 0 Å². The third-order valence-electron chi connectivity index (χ3n) is 15.9. The molecule has 1 unspecified atom stereocenters. The highest BCUT2D eigenvalue weighted by Gasteiger charge is 2.19. The topological polar surface area (TPSA) is 78.9 Å². The molecule has 0 spiro atoms. The van der Waals surface area contributed by atoms with E-state index in [4.69, 9.17) is 14.2 Å². The van der Waals surface area contributed by atoms with Crippen LogP contribution in [0, 0.1) is 0 Å². The average molecular weight is 1160 g/mol. The van der Waals surface area contributed by atoms with Gasteiger partial charge in [0.1, 0.15) is 13.2 Å². The number of allylic oxidation sites excluding steroid dienone is 14. The van der Waals surface area contributed by atoms with Gasteiger partial charge in [-0.2, -0.15) is 0 Å². The van der Waals surface area contributed by atoms with Crippen LogP contribution in [0.3, 0.4) is 0 Å². The van der Waals surface area contributed by atoms with E-state index in [1.807, 2.05) is 6.08 Å². The van der Waals surface area contributed by atoms with E-state index in [1.165, 1.54) is 238 Å². The first-order valence-electron chi connectivity index (χ1n) is 36.1. The Morgan fingerprint density at radius 2 is 0.494 bits per heavy atom. The van der Waals surface area contributed by atoms with Crippen molar-refractivity contribution in [3.63, 3.8) is 0 Å². The van der Waals surface area contributed by atoms with Crippen LogP contribution >= 0.6 is 0 Å². The highest BCUT2D eigenvalue weighted by atomic mass is 16.6. The molecule has 0 aliphatic heterocycles. The van der Waals surface area contributed by atoms with Gasteiger partial charge in [-0.1, -0.05) is 350 Å². The van der Waals surface area contributed by atoms with Crippen molar-refractivity contribution in [2.24, 2.45) is 0 Å². The fourth-order valence-electron chi connectivity index (χ4n) is 10.5. The van der Waals surface area contributed by atoms with E-state index >= 15 is 0 Å². The molecule has 0 rings (SSSR count). The van der Waals surface area contributed by atoms with Crippen LogP contribution in [0.4, 0.5) is 0 Å². The third-order valence-corrected chi connectivity index (χ3v) is 15.9. The monoisotopic (exact) mass is 1160 g/mol. The molecule has 0 saturated heterocycles. The van der Waals surface area contributed by atoms with Crippen molar-refractivity contribution >= 4 is 17.9 Å². The molecule has 6 heteroatoms. The SMILES string of the molecule is CC/C=C\C/C=C\C/C=C\C/C=C\CCC(=O)OCC(COC(=O)CCCCCCCCCCCCCCCCCCCCCCCCCCCCCCC)OC(=O)CCCCCCCCCC/C=C\C/C=C\C/C=C\CCCCCCC. The molecule has 0 bridgehead atoms. The van der Waals surface area contributed by atoms with E-state index in [0.717, 1.165) is 83.5 Å². The van der Waals surface area contributed by atoms with Crippen molar-refractivity contribution in [1.29, 1.82) is 0 Å². The minimum Gasteiger partial charge on any atom is -0.462 e. The largest absolute Gasteiger partial charge is 0.462 e. The van der Waals surface area contributed by atoms with Crippen molar-refractivity contribution in [1.82, 2.24) is 0 Å². The summed E-state index contributed by atoms with van der Waals surface area (Å²) in [6.07, 6.45) is 95.0. The van der Waals surface area contributed by atoms with Crippen LogP contribution in [0.25, 0.3) is 0 Å². The third kappa shape index (κ3) is 69.3. The van der Waals surface area contributed by atoms with Gasteiger partial charge in [0.2, 0.25) is 0 Å². The van der Waals surface area contributed by atoms with Crippen LogP contribution in [-0.4, -0.2) is 37.2 Å². The maximum atomic E-state index is 12.9. The van der Waals surface area contributed by atoms with Crippen molar-refractivity contribution in [2.45, 2.75) is 374 Å². The number of hydrogen-bond acceptors (Lipinski definition) is 6. The Hall–Kier alpha value is -3.41. The van der Waals surface area contributed by atoms with Crippen LogP contribution in [-0.2, 0) is 28.6 Å². The van der Waals surface area contributed by atoms with Gasteiger partial charge in [-0.15, -0.1) is 0 Å². The van der Waals surface area contributed by atoms with Crippen LogP contribution in [0.2, 0.25) is 0 Å². The first-order chi connectivity index (χ1) is 41.0. The van der Waals surface area contributed by atoms with Gasteiger partial charge in [0, 0.05) is 19.3 Å². The Kier molecular flexibility index (Phi) is 68.2. The van der Waals surface area contributed by atoms with E-state index in [1.54, 1.807) is 0 Å². The number of carbonyl (C=O) groups excluding carboxylic acids is 3. The molecule has 0 radical (unpaired) electrons. The second-order valence-corrected chi connectivity index (χ2v) is 24.1. The zero-order chi connectivity index (χ0) is 59.9. The molecule has 6 nitrogen and oxygen atoms in total. The molecule has 0 fully saturated rings. The first-order valence-corrected chi connectivity index (χ1v) is 36.1. The summed E-state index contributed by atoms with van der Waals surface area (Å²) in [6, 6.07) is 0. The van der Waals surface area contributed by atoms with Gasteiger partial charge < -0.3 is 14.2 Å². The van der Waals surface area contributed by atoms with Gasteiger partial charge in [0.25, 0.3) is 0 Å². The highest BCUT2D eigenvalue weighted by Crippen LogP contribution is 2.18. The highest BCUT2D eigenvalue weighted by molar-refractivity contribution is 5.71. The Morgan fingerprint density at radius 1 is 0.253 bits per heavy atom. The molecule has 0 aliphatic rings. The fraction of sp³-hybridized carbons (Fsp3) is 0.779. The lowest BCUT2D eigenvalue weighted by Crippen LogP contribution is -2.30. The number of carbonyl (C=O) groups is 3. The Morgan fingerprint density at radius 3 is 0.807 bits per heavy atom. The van der Waals surface area contributed by atoms with E-state index in [9.17, 15) is 14.4 Å². The fourth-order valence-corrected chi connectivity index (χ4v) is 10.5. The summed E-state index contributed by atoms with van der Waals surface area (Å²) in [6.45, 7) is 6.50. The molecule has 0 aliphatic carbocycles. The number of unbranched alkanes of at least 4 members (excludes halogenated alkanes) is 41. The predicted octanol–water partition coefficient (Wildman–Crippen LogP) is 25.0. The molecule has 0 amide bonds. The second kappa shape index (κ2) is 71.1. The lowest BCUT2D eigenvalue weighted by molar-refractivity contribution is -0.166. The number of esters is 3. The van der Waals surface area contributed by atoms with Gasteiger partial charge in [0.15, 0.2) is 6.10 Å². The van der Waals surface area contributed by atoms with Gasteiger partial charge in [-0.05, 0) is 83.5 Å². The molecule has 83 heavy (non-hydrogen) atoms. The van der Waals surface area contributed by atoms with E-state index in [2.05, 4.69) is 99.8 Å². The smallest absolute Gasteiger partial charge is 0.306 e. The zero-order valence-electron chi connectivity index (χ0n) is 55.2. The summed E-state index contributed by atoms with van der Waals surface area (Å²) < 4.78 is 16.9. The minimum absolute atomic E-state index is 0.0989. The molecule has 0 heterocycles. The van der Waals surface area contributed by atoms with Crippen LogP contribution in [0.5, 0.6) is 0 Å². The summed E-state index contributed by atoms with van der Waals surface area (Å²) in [4.78, 5) is 38.4. The Bertz CT molecular complexity index is 1570. The van der Waals surface area contributed by atoms with E-state index < -0.39 is 6.10 Å². The quantitative estimate of drug-likeness (QED) is 0.0261. The Balaban J connectivity index is 4.26. The lowest BCUT2D eigenvalue weighted by atomic mass is 10.0. The summed E-state index contributed by atoms with van der Waals surface area (Å²) in [5.74, 6) is -0.974. The van der Waals surface area contributed by atoms with Crippen molar-refractivity contribution in [2.75, 3.05) is 13.2 Å². The van der Waals surface area contributed by atoms with Crippen molar-refractivity contribution in [3.8, 4) is 0 Å². The maximum absolute atomic E-state index is 12.9. The van der Waals surface area contributed by atoms with Gasteiger partial charge in [-0.3, -0.25) is 14.4 Å². The number of ether oxygens (including phenoxy) is 3. The molecule has 0 N–H and O–H groups in total. The molecule has 480 valence electrons. The molecular formula is C77H136O6. The van der Waals surface area contributed by atoms with Gasteiger partial charge >= 0.3 is 17.9 Å². The van der Waals surface area contributed by atoms with Crippen molar-refractivity contribution < 1.29 is 28.6 Å². The van der Waals surface area contributed by atoms with E-state index in [0.29, 0.717) is 19.3 Å². The van der Waals surface area contributed by atoms with Crippen LogP contribution in [0.1, 0.15) is 367 Å². The molecule has 0 aromatic rings. The van der Waals surface area contributed by atoms with Crippen LogP contribution < -0.4 is 0 Å². The molecule has 0 aromatic heterocycles. The standard InChI is InChI=1S/C77H136O6/c1-4-7-10-13-16-19-22-25-27-29-31-33-35-36-37-38-39-40-42-43-45-47-49-52-55-58-61-64-67-70-76(79)82-73-74(72-81-75(78)69-66-63-60-57-54-51-24-21-18-15-12-9-6-3)83-77(80)71-68-65-62-59-56-53-50-48-46-44-41-34-32-30-28-26-23-20-17-14-11-8-5-2/h9,12,18,21,23,26,30,32,41,44,51,54,60,63,74H,4-8,10-11,13-17,19-20,22,24-25,27-29,31,33-40,42-43,45-50,52-53,55-59,61-62,64-73H2,1-3H3/b12-9-,21-18-,26-23-,32-30-,44-41-,54-51-,63-60-. The molecule has 1 atom stereocenters. The molecule has 0 aromatic carbocycles.